The molecule has 0 saturated carbocycles. The van der Waals surface area contributed by atoms with Gasteiger partial charge >= 0.3 is 0 Å². The Morgan fingerprint density at radius 2 is 1.83 bits per heavy atom. The minimum atomic E-state index is -0.517. The van der Waals surface area contributed by atoms with Crippen molar-refractivity contribution in [2.24, 2.45) is 0 Å². The van der Waals surface area contributed by atoms with Crippen molar-refractivity contribution in [3.63, 3.8) is 0 Å². The van der Waals surface area contributed by atoms with E-state index in [1.165, 1.54) is 30.6 Å². The number of benzene rings is 2. The maximum atomic E-state index is 12.3. The first-order valence-electron chi connectivity index (χ1n) is 8.72. The molecule has 10 nitrogen and oxygen atoms in total. The molecule has 0 saturated heterocycles. The predicted molar refractivity (Wildman–Crippen MR) is 107 cm³/mol. The van der Waals surface area contributed by atoms with Crippen molar-refractivity contribution in [3.8, 4) is 17.4 Å². The molecule has 0 fully saturated rings. The summed E-state index contributed by atoms with van der Waals surface area (Å²) in [4.78, 5) is 34.7. The SMILES string of the molecule is O=C(Nc1ccc(Oc2cc(-n3ccnc3)ncn2)cc1)c1ccc([N+](=O)[O-])cc1. The Morgan fingerprint density at radius 3 is 2.50 bits per heavy atom. The number of aromatic nitrogens is 4. The molecular weight excluding hydrogens is 388 g/mol. The molecule has 2 aromatic heterocycles. The number of imidazole rings is 1. The van der Waals surface area contributed by atoms with Crippen LogP contribution in [-0.2, 0) is 0 Å². The highest BCUT2D eigenvalue weighted by Gasteiger charge is 2.10. The summed E-state index contributed by atoms with van der Waals surface area (Å²) in [5.41, 5.74) is 0.787. The fraction of sp³-hybridized carbons (Fsp3) is 0. The van der Waals surface area contributed by atoms with Gasteiger partial charge < -0.3 is 10.1 Å². The third kappa shape index (κ3) is 4.28. The van der Waals surface area contributed by atoms with Gasteiger partial charge in [-0.2, -0.15) is 0 Å². The zero-order chi connectivity index (χ0) is 20.9. The molecule has 0 aliphatic rings. The number of non-ortho nitro benzene ring substituents is 1. The highest BCUT2D eigenvalue weighted by Crippen LogP contribution is 2.23. The molecule has 1 amide bonds. The summed E-state index contributed by atoms with van der Waals surface area (Å²) in [6.07, 6.45) is 6.42. The maximum Gasteiger partial charge on any atom is 0.269 e. The van der Waals surface area contributed by atoms with Gasteiger partial charge in [-0.3, -0.25) is 19.5 Å². The largest absolute Gasteiger partial charge is 0.439 e. The quantitative estimate of drug-likeness (QED) is 0.386. The van der Waals surface area contributed by atoms with Crippen molar-refractivity contribution in [2.75, 3.05) is 5.32 Å². The second-order valence-corrected chi connectivity index (χ2v) is 6.07. The topological polar surface area (TPSA) is 125 Å². The molecule has 0 aliphatic carbocycles. The third-order valence-corrected chi connectivity index (χ3v) is 4.07. The summed E-state index contributed by atoms with van der Waals surface area (Å²) in [6.45, 7) is 0. The first-order valence-corrected chi connectivity index (χ1v) is 8.72. The molecule has 30 heavy (non-hydrogen) atoms. The number of amides is 1. The monoisotopic (exact) mass is 402 g/mol. The number of nitrogens with zero attached hydrogens (tertiary/aromatic N) is 5. The van der Waals surface area contributed by atoms with Gasteiger partial charge in [0.15, 0.2) is 0 Å². The highest BCUT2D eigenvalue weighted by molar-refractivity contribution is 6.04. The lowest BCUT2D eigenvalue weighted by molar-refractivity contribution is -0.384. The van der Waals surface area contributed by atoms with Crippen molar-refractivity contribution in [3.05, 3.63) is 95.3 Å². The van der Waals surface area contributed by atoms with Gasteiger partial charge in [-0.15, -0.1) is 0 Å². The molecule has 4 aromatic rings. The van der Waals surface area contributed by atoms with E-state index in [0.29, 0.717) is 28.7 Å². The van der Waals surface area contributed by atoms with Crippen LogP contribution < -0.4 is 10.1 Å². The number of nitro benzene ring substituents is 1. The van der Waals surface area contributed by atoms with Crippen LogP contribution in [0.25, 0.3) is 5.82 Å². The van der Waals surface area contributed by atoms with Crippen molar-refractivity contribution >= 4 is 17.3 Å². The molecule has 10 heteroatoms. The zero-order valence-corrected chi connectivity index (χ0v) is 15.4. The predicted octanol–water partition coefficient (Wildman–Crippen LogP) is 3.62. The zero-order valence-electron chi connectivity index (χ0n) is 15.4. The van der Waals surface area contributed by atoms with Gasteiger partial charge in [0.1, 0.15) is 24.2 Å². The van der Waals surface area contributed by atoms with Gasteiger partial charge in [0.05, 0.1) is 4.92 Å². The van der Waals surface area contributed by atoms with Crippen LogP contribution in [0.1, 0.15) is 10.4 Å². The summed E-state index contributed by atoms with van der Waals surface area (Å²) in [7, 11) is 0. The summed E-state index contributed by atoms with van der Waals surface area (Å²) in [5, 5.41) is 13.4. The van der Waals surface area contributed by atoms with Gasteiger partial charge in [0.25, 0.3) is 11.6 Å². The standard InChI is InChI=1S/C20H14N6O4/c27-20(14-1-5-16(6-2-14)26(28)29)24-15-3-7-17(8-4-15)30-19-11-18(22-12-23-19)25-10-9-21-13-25/h1-13H,(H,24,27). The Balaban J connectivity index is 1.41. The molecule has 0 radical (unpaired) electrons. The molecule has 148 valence electrons. The van der Waals surface area contributed by atoms with Crippen LogP contribution in [0.15, 0.2) is 79.6 Å². The van der Waals surface area contributed by atoms with Crippen LogP contribution in [0.2, 0.25) is 0 Å². The van der Waals surface area contributed by atoms with Crippen LogP contribution >= 0.6 is 0 Å². The van der Waals surface area contributed by atoms with Crippen LogP contribution in [0.3, 0.4) is 0 Å². The van der Waals surface area contributed by atoms with E-state index in [1.54, 1.807) is 53.6 Å². The Kier molecular flexibility index (Phi) is 5.12. The van der Waals surface area contributed by atoms with E-state index in [-0.39, 0.29) is 11.6 Å². The molecule has 2 aromatic carbocycles. The van der Waals surface area contributed by atoms with Gasteiger partial charge in [0, 0.05) is 41.8 Å². The molecule has 1 N–H and O–H groups in total. The lowest BCUT2D eigenvalue weighted by Crippen LogP contribution is -2.11. The Hall–Kier alpha value is -4.60. The lowest BCUT2D eigenvalue weighted by Gasteiger charge is -2.08. The van der Waals surface area contributed by atoms with Gasteiger partial charge in [0.2, 0.25) is 5.88 Å². The second kappa shape index (κ2) is 8.19. The van der Waals surface area contributed by atoms with E-state index < -0.39 is 4.92 Å². The number of nitro groups is 1. The number of rotatable bonds is 6. The number of carbonyl (C=O) groups is 1. The van der Waals surface area contributed by atoms with Crippen LogP contribution in [0, 0.1) is 10.1 Å². The lowest BCUT2D eigenvalue weighted by atomic mass is 10.2. The average Bonchev–Trinajstić information content (AvgIpc) is 3.30. The Labute approximate surface area is 170 Å². The van der Waals surface area contributed by atoms with Gasteiger partial charge in [-0.05, 0) is 36.4 Å². The number of ether oxygens (including phenoxy) is 1. The molecule has 0 bridgehead atoms. The number of hydrogen-bond donors (Lipinski definition) is 1. The van der Waals surface area contributed by atoms with Crippen molar-refractivity contribution in [2.45, 2.75) is 0 Å². The number of nitrogens with one attached hydrogen (secondary N) is 1. The fourth-order valence-corrected chi connectivity index (χ4v) is 2.59. The summed E-state index contributed by atoms with van der Waals surface area (Å²) < 4.78 is 7.46. The highest BCUT2D eigenvalue weighted by atomic mass is 16.6. The van der Waals surface area contributed by atoms with Crippen molar-refractivity contribution in [1.82, 2.24) is 19.5 Å². The van der Waals surface area contributed by atoms with Crippen LogP contribution in [-0.4, -0.2) is 30.3 Å². The first-order chi connectivity index (χ1) is 14.6. The molecule has 0 atom stereocenters. The summed E-state index contributed by atoms with van der Waals surface area (Å²) in [6, 6.07) is 13.8. The van der Waals surface area contributed by atoms with E-state index in [9.17, 15) is 14.9 Å². The first kappa shape index (κ1) is 18.7. The van der Waals surface area contributed by atoms with E-state index in [0.717, 1.165) is 0 Å². The van der Waals surface area contributed by atoms with Gasteiger partial charge in [-0.1, -0.05) is 0 Å². The van der Waals surface area contributed by atoms with E-state index in [1.807, 2.05) is 0 Å². The second-order valence-electron chi connectivity index (χ2n) is 6.07. The van der Waals surface area contributed by atoms with Crippen molar-refractivity contribution < 1.29 is 14.5 Å². The molecule has 0 aliphatic heterocycles. The summed E-state index contributed by atoms with van der Waals surface area (Å²) >= 11 is 0. The average molecular weight is 402 g/mol. The van der Waals surface area contributed by atoms with Crippen molar-refractivity contribution in [1.29, 1.82) is 0 Å². The van der Waals surface area contributed by atoms with Crippen LogP contribution in [0.4, 0.5) is 11.4 Å². The number of carbonyl (C=O) groups excluding carboxylic acids is 1. The molecule has 2 heterocycles. The molecular formula is C20H14N6O4. The maximum absolute atomic E-state index is 12.3. The van der Waals surface area contributed by atoms with E-state index in [2.05, 4.69) is 20.3 Å². The minimum absolute atomic E-state index is 0.0750. The molecule has 0 spiro atoms. The number of hydrogen-bond acceptors (Lipinski definition) is 7. The van der Waals surface area contributed by atoms with Gasteiger partial charge in [-0.25, -0.2) is 15.0 Å². The smallest absolute Gasteiger partial charge is 0.269 e. The van der Waals surface area contributed by atoms with E-state index in [4.69, 9.17) is 4.74 Å². The third-order valence-electron chi connectivity index (χ3n) is 4.07. The minimum Gasteiger partial charge on any atom is -0.439 e. The Morgan fingerprint density at radius 1 is 1.07 bits per heavy atom. The molecule has 4 rings (SSSR count). The Bertz CT molecular complexity index is 1170. The van der Waals surface area contributed by atoms with E-state index >= 15 is 0 Å². The fourth-order valence-electron chi connectivity index (χ4n) is 2.59. The number of anilines is 1. The normalized spacial score (nSPS) is 10.4. The van der Waals surface area contributed by atoms with Crippen LogP contribution in [0.5, 0.6) is 11.6 Å². The molecule has 0 unspecified atom stereocenters. The summed E-state index contributed by atoms with van der Waals surface area (Å²) in [5.74, 6) is 1.12.